The summed E-state index contributed by atoms with van der Waals surface area (Å²) in [5, 5.41) is 0. The van der Waals surface area contributed by atoms with E-state index in [0.29, 0.717) is 22.5 Å². The molecule has 0 bridgehead atoms. The van der Waals surface area contributed by atoms with Gasteiger partial charge in [-0.15, -0.1) is 11.3 Å². The summed E-state index contributed by atoms with van der Waals surface area (Å²) in [6.07, 6.45) is 0.0735. The first-order valence-electron chi connectivity index (χ1n) is 10.1. The van der Waals surface area contributed by atoms with E-state index in [1.807, 2.05) is 51.1 Å². The number of nitrogens with two attached hydrogens (primary N) is 1. The highest BCUT2D eigenvalue weighted by molar-refractivity contribution is 7.12. The lowest BCUT2D eigenvalue weighted by atomic mass is 10.1. The minimum atomic E-state index is -0.526. The molecule has 1 heterocycles. The van der Waals surface area contributed by atoms with Crippen molar-refractivity contribution in [3.8, 4) is 0 Å². The van der Waals surface area contributed by atoms with E-state index >= 15 is 0 Å². The molecule has 0 unspecified atom stereocenters. The van der Waals surface area contributed by atoms with Crippen molar-refractivity contribution in [3.63, 3.8) is 0 Å². The number of carbonyl (C=O) groups excluding carboxylic acids is 3. The molecule has 0 atom stereocenters. The fraction of sp³-hybridized carbons (Fsp3) is 0.240. The van der Waals surface area contributed by atoms with Gasteiger partial charge in [0.2, 0.25) is 5.91 Å². The maximum absolute atomic E-state index is 13.1. The molecular formula is C25H26N2O3S. The molecule has 6 heteroatoms. The number of thiophene rings is 1. The molecule has 0 spiro atoms. The summed E-state index contributed by atoms with van der Waals surface area (Å²) in [4.78, 5) is 41.2. The van der Waals surface area contributed by atoms with Crippen molar-refractivity contribution >= 4 is 28.9 Å². The zero-order chi connectivity index (χ0) is 22.5. The number of nitrogens with zero attached hydrogens (tertiary/aromatic N) is 1. The molecule has 0 aliphatic heterocycles. The number of hydrogen-bond acceptors (Lipinski definition) is 4. The first-order chi connectivity index (χ1) is 14.8. The minimum absolute atomic E-state index is 0.0458. The van der Waals surface area contributed by atoms with Gasteiger partial charge in [0, 0.05) is 28.3 Å². The van der Waals surface area contributed by atoms with Crippen LogP contribution in [0.3, 0.4) is 0 Å². The van der Waals surface area contributed by atoms with Gasteiger partial charge in [-0.1, -0.05) is 48.0 Å². The van der Waals surface area contributed by atoms with Crippen LogP contribution in [0.4, 0.5) is 0 Å². The summed E-state index contributed by atoms with van der Waals surface area (Å²) < 4.78 is 0. The average molecular weight is 435 g/mol. The van der Waals surface area contributed by atoms with E-state index in [0.717, 1.165) is 21.6 Å². The molecule has 3 aromatic rings. The van der Waals surface area contributed by atoms with E-state index in [9.17, 15) is 14.4 Å². The Morgan fingerprint density at radius 3 is 2.19 bits per heavy atom. The first-order valence-corrected chi connectivity index (χ1v) is 10.9. The predicted octanol–water partition coefficient (Wildman–Crippen LogP) is 4.23. The second-order valence-corrected chi connectivity index (χ2v) is 8.98. The lowest BCUT2D eigenvalue weighted by molar-refractivity contribution is -0.119. The molecule has 160 valence electrons. The summed E-state index contributed by atoms with van der Waals surface area (Å²) in [5.41, 5.74) is 9.39. The van der Waals surface area contributed by atoms with Gasteiger partial charge in [0.05, 0.1) is 12.1 Å². The van der Waals surface area contributed by atoms with E-state index in [1.165, 1.54) is 11.3 Å². The molecule has 31 heavy (non-hydrogen) atoms. The molecule has 0 saturated heterocycles. The molecule has 0 aliphatic rings. The summed E-state index contributed by atoms with van der Waals surface area (Å²) in [7, 11) is 0. The Hall–Kier alpha value is -3.25. The normalized spacial score (nSPS) is 10.7. The zero-order valence-corrected chi connectivity index (χ0v) is 18.8. The van der Waals surface area contributed by atoms with Crippen LogP contribution in [0.1, 0.15) is 47.2 Å². The van der Waals surface area contributed by atoms with Gasteiger partial charge in [0.15, 0.2) is 5.78 Å². The molecule has 2 aromatic carbocycles. The number of aryl methyl sites for hydroxylation is 2. The lowest BCUT2D eigenvalue weighted by Gasteiger charge is -2.22. The van der Waals surface area contributed by atoms with Gasteiger partial charge in [0.1, 0.15) is 0 Å². The van der Waals surface area contributed by atoms with Crippen molar-refractivity contribution in [2.75, 3.05) is 6.54 Å². The number of hydrogen-bond donors (Lipinski definition) is 1. The molecule has 0 radical (unpaired) electrons. The maximum Gasteiger partial charge on any atom is 0.254 e. The third-order valence-electron chi connectivity index (χ3n) is 5.23. The second kappa shape index (κ2) is 9.71. The van der Waals surface area contributed by atoms with Crippen LogP contribution >= 0.6 is 11.3 Å². The monoisotopic (exact) mass is 434 g/mol. The Morgan fingerprint density at radius 2 is 1.58 bits per heavy atom. The van der Waals surface area contributed by atoms with E-state index in [4.69, 9.17) is 5.73 Å². The highest BCUT2D eigenvalue weighted by Crippen LogP contribution is 2.28. The third kappa shape index (κ3) is 5.47. The SMILES string of the molecule is Cc1ccc(CN(CC(=O)Cc2sc(C)c(C)c2C(N)=O)C(=O)c2ccccc2)cc1. The minimum Gasteiger partial charge on any atom is -0.366 e. The van der Waals surface area contributed by atoms with Gasteiger partial charge in [-0.05, 0) is 44.0 Å². The van der Waals surface area contributed by atoms with E-state index in [1.54, 1.807) is 29.2 Å². The van der Waals surface area contributed by atoms with Crippen LogP contribution in [-0.4, -0.2) is 29.0 Å². The van der Waals surface area contributed by atoms with Crippen molar-refractivity contribution < 1.29 is 14.4 Å². The topological polar surface area (TPSA) is 80.5 Å². The third-order valence-corrected chi connectivity index (χ3v) is 6.44. The van der Waals surface area contributed by atoms with Gasteiger partial charge in [-0.25, -0.2) is 0 Å². The van der Waals surface area contributed by atoms with Crippen molar-refractivity contribution in [2.24, 2.45) is 5.73 Å². The van der Waals surface area contributed by atoms with Crippen LogP contribution in [0.5, 0.6) is 0 Å². The quantitative estimate of drug-likeness (QED) is 0.576. The number of carbonyl (C=O) groups is 3. The molecule has 2 amide bonds. The van der Waals surface area contributed by atoms with Gasteiger partial charge in [-0.3, -0.25) is 14.4 Å². The Balaban J connectivity index is 1.83. The molecule has 2 N–H and O–H groups in total. The number of ketones is 1. The first kappa shape index (κ1) is 22.4. The Morgan fingerprint density at radius 1 is 0.935 bits per heavy atom. The molecule has 0 fully saturated rings. The zero-order valence-electron chi connectivity index (χ0n) is 18.0. The fourth-order valence-electron chi connectivity index (χ4n) is 3.47. The molecule has 0 saturated carbocycles. The van der Waals surface area contributed by atoms with E-state index in [-0.39, 0.29) is 24.7 Å². The van der Waals surface area contributed by atoms with Crippen LogP contribution in [0, 0.1) is 20.8 Å². The average Bonchev–Trinajstić information content (AvgIpc) is 3.02. The molecule has 1 aromatic heterocycles. The summed E-state index contributed by atoms with van der Waals surface area (Å²) in [5.74, 6) is -0.871. The van der Waals surface area contributed by atoms with E-state index < -0.39 is 5.91 Å². The van der Waals surface area contributed by atoms with Gasteiger partial charge in [-0.2, -0.15) is 0 Å². The van der Waals surface area contributed by atoms with Crippen LogP contribution in [-0.2, 0) is 17.8 Å². The van der Waals surface area contributed by atoms with Crippen LogP contribution in [0.2, 0.25) is 0 Å². The number of Topliss-reactive ketones (excluding diaryl/α,β-unsaturated/α-hetero) is 1. The Kier molecular flexibility index (Phi) is 7.02. The number of rotatable bonds is 8. The van der Waals surface area contributed by atoms with E-state index in [2.05, 4.69) is 0 Å². The highest BCUT2D eigenvalue weighted by atomic mass is 32.1. The molecule has 3 rings (SSSR count). The van der Waals surface area contributed by atoms with Crippen LogP contribution < -0.4 is 5.73 Å². The lowest BCUT2D eigenvalue weighted by Crippen LogP contribution is -2.36. The Bertz CT molecular complexity index is 1100. The summed E-state index contributed by atoms with van der Waals surface area (Å²) >= 11 is 1.41. The van der Waals surface area contributed by atoms with Gasteiger partial charge in [0.25, 0.3) is 5.91 Å². The van der Waals surface area contributed by atoms with Crippen molar-refractivity contribution in [1.29, 1.82) is 0 Å². The van der Waals surface area contributed by atoms with Crippen molar-refractivity contribution in [1.82, 2.24) is 4.90 Å². The van der Waals surface area contributed by atoms with Crippen LogP contribution in [0.15, 0.2) is 54.6 Å². The summed E-state index contributed by atoms with van der Waals surface area (Å²) in [6.45, 7) is 6.02. The van der Waals surface area contributed by atoms with Gasteiger partial charge < -0.3 is 10.6 Å². The predicted molar refractivity (Wildman–Crippen MR) is 123 cm³/mol. The van der Waals surface area contributed by atoms with Crippen molar-refractivity contribution in [3.05, 3.63) is 92.2 Å². The fourth-order valence-corrected chi connectivity index (χ4v) is 4.68. The molecular weight excluding hydrogens is 408 g/mol. The molecule has 0 aliphatic carbocycles. The second-order valence-electron chi connectivity index (χ2n) is 7.67. The number of primary amides is 1. The smallest absolute Gasteiger partial charge is 0.254 e. The van der Waals surface area contributed by atoms with Crippen molar-refractivity contribution in [2.45, 2.75) is 33.7 Å². The summed E-state index contributed by atoms with van der Waals surface area (Å²) in [6, 6.07) is 16.8. The number of benzene rings is 2. The highest BCUT2D eigenvalue weighted by Gasteiger charge is 2.23. The maximum atomic E-state index is 13.1. The largest absolute Gasteiger partial charge is 0.366 e. The number of amides is 2. The molecule has 5 nitrogen and oxygen atoms in total. The van der Waals surface area contributed by atoms with Crippen LogP contribution in [0.25, 0.3) is 0 Å². The van der Waals surface area contributed by atoms with Gasteiger partial charge >= 0.3 is 0 Å². The Labute approximate surface area is 186 Å². The standard InChI is InChI=1S/C25H26N2O3S/c1-16-9-11-19(12-10-16)14-27(25(30)20-7-5-4-6-8-20)15-21(28)13-22-23(24(26)29)17(2)18(3)31-22/h4-12H,13-15H2,1-3H3,(H2,26,29).